The normalized spacial score (nSPS) is 15.8. The second kappa shape index (κ2) is 10.1. The number of amidine groups is 1. The molecule has 0 aromatic heterocycles. The molecule has 1 fully saturated rings. The number of hydrogen-bond acceptors (Lipinski definition) is 5. The molecule has 0 atom stereocenters. The van der Waals surface area contributed by atoms with Crippen molar-refractivity contribution in [1.82, 2.24) is 5.32 Å². The number of carbonyl (C=O) groups is 1. The monoisotopic (exact) mass is 484 g/mol. The van der Waals surface area contributed by atoms with Gasteiger partial charge in [-0.15, -0.1) is 0 Å². The number of hydrogen-bond donors (Lipinski definition) is 1. The van der Waals surface area contributed by atoms with Crippen LogP contribution >= 0.6 is 35.0 Å². The van der Waals surface area contributed by atoms with Gasteiger partial charge in [-0.25, -0.2) is 4.99 Å². The second-order valence-corrected chi connectivity index (χ2v) is 8.64. The number of amides is 1. The molecule has 0 bridgehead atoms. The van der Waals surface area contributed by atoms with Crippen LogP contribution in [-0.2, 0) is 11.4 Å². The molecule has 3 aromatic carbocycles. The highest BCUT2D eigenvalue weighted by atomic mass is 35.5. The Bertz CT molecular complexity index is 1210. The minimum Gasteiger partial charge on any atom is -0.493 e. The summed E-state index contributed by atoms with van der Waals surface area (Å²) in [6.45, 7) is 0.406. The fourth-order valence-electron chi connectivity index (χ4n) is 2.94. The molecule has 1 amide bonds. The summed E-state index contributed by atoms with van der Waals surface area (Å²) in [5.74, 6) is 0.965. The fourth-order valence-corrected chi connectivity index (χ4v) is 4.10. The molecule has 1 saturated heterocycles. The Labute approximate surface area is 200 Å². The van der Waals surface area contributed by atoms with Crippen molar-refractivity contribution in [2.75, 3.05) is 7.11 Å². The smallest absolute Gasteiger partial charge is 0.264 e. The van der Waals surface area contributed by atoms with Crippen molar-refractivity contribution in [1.29, 1.82) is 0 Å². The zero-order valence-electron chi connectivity index (χ0n) is 17.0. The van der Waals surface area contributed by atoms with E-state index in [4.69, 9.17) is 32.7 Å². The van der Waals surface area contributed by atoms with E-state index in [1.165, 1.54) is 11.8 Å². The highest BCUT2D eigenvalue weighted by Crippen LogP contribution is 2.34. The van der Waals surface area contributed by atoms with Crippen LogP contribution in [0.5, 0.6) is 11.5 Å². The Balaban J connectivity index is 1.54. The van der Waals surface area contributed by atoms with Crippen LogP contribution in [0.15, 0.2) is 76.6 Å². The fraction of sp³-hybridized carbons (Fsp3) is 0.0833. The highest BCUT2D eigenvalue weighted by Gasteiger charge is 2.24. The zero-order chi connectivity index (χ0) is 22.5. The Kier molecular flexibility index (Phi) is 7.05. The van der Waals surface area contributed by atoms with E-state index in [0.717, 1.165) is 11.1 Å². The maximum Gasteiger partial charge on any atom is 0.264 e. The summed E-state index contributed by atoms with van der Waals surface area (Å²) >= 11 is 13.4. The number of halogens is 2. The van der Waals surface area contributed by atoms with Crippen LogP contribution < -0.4 is 14.8 Å². The third-order valence-corrected chi connectivity index (χ3v) is 5.97. The van der Waals surface area contributed by atoms with Crippen molar-refractivity contribution in [3.63, 3.8) is 0 Å². The Morgan fingerprint density at radius 1 is 1.03 bits per heavy atom. The molecule has 1 aliphatic heterocycles. The molecule has 1 heterocycles. The van der Waals surface area contributed by atoms with E-state index < -0.39 is 0 Å². The number of nitrogens with one attached hydrogen (secondary N) is 1. The Morgan fingerprint density at radius 2 is 1.84 bits per heavy atom. The van der Waals surface area contributed by atoms with Gasteiger partial charge in [-0.1, -0.05) is 59.6 Å². The largest absolute Gasteiger partial charge is 0.493 e. The Morgan fingerprint density at radius 3 is 2.62 bits per heavy atom. The molecular formula is C24H18Cl2N2O3S. The number of ether oxygens (including phenoxy) is 2. The van der Waals surface area contributed by atoms with E-state index in [9.17, 15) is 4.79 Å². The van der Waals surface area contributed by atoms with Crippen LogP contribution in [0.25, 0.3) is 6.08 Å². The zero-order valence-corrected chi connectivity index (χ0v) is 19.3. The number of nitrogens with zero attached hydrogens (tertiary/aromatic N) is 1. The van der Waals surface area contributed by atoms with Gasteiger partial charge in [-0.3, -0.25) is 4.79 Å². The van der Waals surface area contributed by atoms with E-state index in [1.54, 1.807) is 31.4 Å². The van der Waals surface area contributed by atoms with Crippen molar-refractivity contribution in [3.8, 4) is 11.5 Å². The van der Waals surface area contributed by atoms with E-state index in [2.05, 4.69) is 10.3 Å². The van der Waals surface area contributed by atoms with Crippen LogP contribution in [-0.4, -0.2) is 18.2 Å². The summed E-state index contributed by atoms with van der Waals surface area (Å²) in [7, 11) is 1.59. The van der Waals surface area contributed by atoms with Crippen LogP contribution in [0.3, 0.4) is 0 Å². The van der Waals surface area contributed by atoms with Gasteiger partial charge in [0.05, 0.1) is 22.7 Å². The molecule has 1 aliphatic rings. The molecule has 0 unspecified atom stereocenters. The molecule has 32 heavy (non-hydrogen) atoms. The van der Waals surface area contributed by atoms with Gasteiger partial charge in [0.2, 0.25) is 0 Å². The van der Waals surface area contributed by atoms with Crippen molar-refractivity contribution >= 4 is 57.8 Å². The van der Waals surface area contributed by atoms with Crippen molar-refractivity contribution in [2.45, 2.75) is 6.61 Å². The lowest BCUT2D eigenvalue weighted by Gasteiger charge is -2.11. The van der Waals surface area contributed by atoms with E-state index in [1.807, 2.05) is 48.5 Å². The molecule has 0 aliphatic carbocycles. The molecular weight excluding hydrogens is 467 g/mol. The molecule has 3 aromatic rings. The maximum absolute atomic E-state index is 12.5. The number of rotatable bonds is 6. The quantitative estimate of drug-likeness (QED) is 0.407. The molecule has 5 nitrogen and oxygen atoms in total. The third-order valence-electron chi connectivity index (χ3n) is 4.50. The molecule has 0 radical (unpaired) electrons. The van der Waals surface area contributed by atoms with Gasteiger partial charge in [-0.2, -0.15) is 0 Å². The van der Waals surface area contributed by atoms with Gasteiger partial charge >= 0.3 is 0 Å². The van der Waals surface area contributed by atoms with Gasteiger partial charge in [0, 0.05) is 5.02 Å². The summed E-state index contributed by atoms with van der Waals surface area (Å²) in [6, 6.07) is 20.4. The van der Waals surface area contributed by atoms with Crippen LogP contribution in [0.4, 0.5) is 5.69 Å². The number of methoxy groups -OCH3 is 1. The molecule has 0 spiro atoms. The Hall–Kier alpha value is -2.93. The van der Waals surface area contributed by atoms with Gasteiger partial charge in [-0.05, 0) is 59.3 Å². The number of thioether (sulfide) groups is 1. The second-order valence-electron chi connectivity index (χ2n) is 6.76. The first-order chi connectivity index (χ1) is 15.5. The third kappa shape index (κ3) is 5.46. The van der Waals surface area contributed by atoms with Crippen molar-refractivity contribution in [2.24, 2.45) is 4.99 Å². The lowest BCUT2D eigenvalue weighted by molar-refractivity contribution is -0.115. The lowest BCUT2D eigenvalue weighted by Crippen LogP contribution is -2.19. The minimum absolute atomic E-state index is 0.241. The predicted octanol–water partition coefficient (Wildman–Crippen LogP) is 6.47. The molecule has 4 rings (SSSR count). The van der Waals surface area contributed by atoms with Crippen molar-refractivity contribution < 1.29 is 14.3 Å². The topological polar surface area (TPSA) is 59.9 Å². The van der Waals surface area contributed by atoms with Crippen LogP contribution in [0, 0.1) is 0 Å². The van der Waals surface area contributed by atoms with E-state index >= 15 is 0 Å². The predicted molar refractivity (Wildman–Crippen MR) is 131 cm³/mol. The first-order valence-electron chi connectivity index (χ1n) is 9.61. The molecule has 8 heteroatoms. The number of aliphatic imine (C=N–C) groups is 1. The molecule has 1 N–H and O–H groups in total. The standard InChI is InChI=1S/C24H18Cl2N2O3S/c1-30-20-10-7-16(11-21(20)31-14-15-5-3-2-4-6-15)12-22-23(29)28-24(32-22)27-19-13-17(25)8-9-18(19)26/h2-13H,14H2,1H3,(H,27,28,29)/b22-12+. The van der Waals surface area contributed by atoms with Gasteiger partial charge in [0.15, 0.2) is 16.7 Å². The minimum atomic E-state index is -0.241. The SMILES string of the molecule is COc1ccc(/C=C2/SC(=Nc3cc(Cl)ccc3Cl)NC2=O)cc1OCc1ccccc1. The lowest BCUT2D eigenvalue weighted by atomic mass is 10.2. The summed E-state index contributed by atoms with van der Waals surface area (Å²) in [5, 5.41) is 4.14. The first kappa shape index (κ1) is 22.3. The summed E-state index contributed by atoms with van der Waals surface area (Å²) in [5.41, 5.74) is 2.34. The molecule has 0 saturated carbocycles. The highest BCUT2D eigenvalue weighted by molar-refractivity contribution is 8.18. The van der Waals surface area contributed by atoms with Gasteiger partial charge < -0.3 is 14.8 Å². The first-order valence-corrected chi connectivity index (χ1v) is 11.2. The summed E-state index contributed by atoms with van der Waals surface area (Å²) < 4.78 is 11.4. The van der Waals surface area contributed by atoms with Gasteiger partial charge in [0.1, 0.15) is 6.61 Å². The van der Waals surface area contributed by atoms with E-state index in [-0.39, 0.29) is 5.91 Å². The average Bonchev–Trinajstić information content (AvgIpc) is 3.14. The number of carbonyl (C=O) groups excluding carboxylic acids is 1. The van der Waals surface area contributed by atoms with E-state index in [0.29, 0.717) is 43.9 Å². The van der Waals surface area contributed by atoms with Crippen LogP contribution in [0.2, 0.25) is 10.0 Å². The molecule has 162 valence electrons. The number of benzene rings is 3. The summed E-state index contributed by atoms with van der Waals surface area (Å²) in [6.07, 6.45) is 1.77. The van der Waals surface area contributed by atoms with Crippen molar-refractivity contribution in [3.05, 3.63) is 92.8 Å². The maximum atomic E-state index is 12.5. The van der Waals surface area contributed by atoms with Gasteiger partial charge in [0.25, 0.3) is 5.91 Å². The van der Waals surface area contributed by atoms with Crippen LogP contribution in [0.1, 0.15) is 11.1 Å². The summed E-state index contributed by atoms with van der Waals surface area (Å²) in [4.78, 5) is 17.4. The average molecular weight is 485 g/mol.